The Morgan fingerprint density at radius 3 is 2.36 bits per heavy atom. The van der Waals surface area contributed by atoms with Crippen LogP contribution in [0, 0.1) is 0 Å². The Balaban J connectivity index is 1.38. The maximum absolute atomic E-state index is 12.6. The van der Waals surface area contributed by atoms with E-state index < -0.39 is 5.97 Å². The number of esters is 1. The van der Waals surface area contributed by atoms with Gasteiger partial charge in [0.1, 0.15) is 18.7 Å². The zero-order valence-corrected chi connectivity index (χ0v) is 17.5. The molecule has 3 aromatic carbocycles. The molecular formula is C25H19N5O3. The molecule has 0 saturated heterocycles. The average molecular weight is 437 g/mol. The summed E-state index contributed by atoms with van der Waals surface area (Å²) in [7, 11) is 0. The third-order valence-corrected chi connectivity index (χ3v) is 5.15. The third kappa shape index (κ3) is 4.27. The predicted molar refractivity (Wildman–Crippen MR) is 123 cm³/mol. The Bertz CT molecular complexity index is 1480. The second kappa shape index (κ2) is 8.88. The standard InChI is InChI=1S/C25H19N5O3/c31-23(16-30-25(32)21-13-7-8-14-22(21)26-28-30)33-17-19-15-29(20-11-5-2-6-12-20)27-24(19)18-9-3-1-4-10-18/h1-15H,16-17H2. The van der Waals surface area contributed by atoms with E-state index >= 15 is 0 Å². The molecule has 0 N–H and O–H groups in total. The van der Waals surface area contributed by atoms with E-state index in [0.717, 1.165) is 27.2 Å². The minimum atomic E-state index is -0.590. The van der Waals surface area contributed by atoms with E-state index in [2.05, 4.69) is 10.3 Å². The van der Waals surface area contributed by atoms with Gasteiger partial charge < -0.3 is 4.74 Å². The number of benzene rings is 3. The number of carbonyl (C=O) groups is 1. The van der Waals surface area contributed by atoms with Gasteiger partial charge in [-0.2, -0.15) is 9.78 Å². The molecule has 33 heavy (non-hydrogen) atoms. The summed E-state index contributed by atoms with van der Waals surface area (Å²) in [6.07, 6.45) is 1.84. The van der Waals surface area contributed by atoms with Crippen LogP contribution in [0.2, 0.25) is 0 Å². The van der Waals surface area contributed by atoms with Crippen LogP contribution in [0.1, 0.15) is 5.56 Å². The van der Waals surface area contributed by atoms with Gasteiger partial charge in [0.15, 0.2) is 0 Å². The highest BCUT2D eigenvalue weighted by Gasteiger charge is 2.16. The minimum absolute atomic E-state index is 0.00561. The van der Waals surface area contributed by atoms with Crippen LogP contribution in [-0.4, -0.2) is 30.7 Å². The summed E-state index contributed by atoms with van der Waals surface area (Å²) >= 11 is 0. The molecule has 0 radical (unpaired) electrons. The van der Waals surface area contributed by atoms with Crippen molar-refractivity contribution in [2.75, 3.05) is 0 Å². The number of aromatic nitrogens is 5. The van der Waals surface area contributed by atoms with Gasteiger partial charge in [-0.05, 0) is 24.3 Å². The summed E-state index contributed by atoms with van der Waals surface area (Å²) in [4.78, 5) is 25.1. The lowest BCUT2D eigenvalue weighted by atomic mass is 10.1. The second-order valence-corrected chi connectivity index (χ2v) is 7.38. The summed E-state index contributed by atoms with van der Waals surface area (Å²) < 4.78 is 8.26. The zero-order valence-electron chi connectivity index (χ0n) is 17.5. The highest BCUT2D eigenvalue weighted by Crippen LogP contribution is 2.24. The first kappa shape index (κ1) is 20.3. The second-order valence-electron chi connectivity index (χ2n) is 7.38. The number of hydrogen-bond acceptors (Lipinski definition) is 6. The fourth-order valence-electron chi connectivity index (χ4n) is 3.52. The van der Waals surface area contributed by atoms with Crippen LogP contribution in [-0.2, 0) is 22.7 Å². The number of fused-ring (bicyclic) bond motifs is 1. The first-order valence-electron chi connectivity index (χ1n) is 10.4. The largest absolute Gasteiger partial charge is 0.459 e. The lowest BCUT2D eigenvalue weighted by Crippen LogP contribution is -2.28. The number of carbonyl (C=O) groups excluding carboxylic acids is 1. The maximum Gasteiger partial charge on any atom is 0.328 e. The average Bonchev–Trinajstić information content (AvgIpc) is 3.30. The molecule has 5 aromatic rings. The van der Waals surface area contributed by atoms with Gasteiger partial charge in [0.25, 0.3) is 5.56 Å². The van der Waals surface area contributed by atoms with Crippen molar-refractivity contribution in [2.45, 2.75) is 13.2 Å². The van der Waals surface area contributed by atoms with E-state index in [4.69, 9.17) is 9.84 Å². The van der Waals surface area contributed by atoms with Crippen LogP contribution < -0.4 is 5.56 Å². The number of rotatable bonds is 6. The monoisotopic (exact) mass is 437 g/mol. The zero-order chi connectivity index (χ0) is 22.6. The van der Waals surface area contributed by atoms with Gasteiger partial charge in [-0.1, -0.05) is 65.9 Å². The summed E-state index contributed by atoms with van der Waals surface area (Å²) in [5, 5.41) is 13.0. The highest BCUT2D eigenvalue weighted by atomic mass is 16.5. The lowest BCUT2D eigenvalue weighted by molar-refractivity contribution is -0.146. The van der Waals surface area contributed by atoms with Gasteiger partial charge in [-0.15, -0.1) is 5.10 Å². The minimum Gasteiger partial charge on any atom is -0.459 e. The van der Waals surface area contributed by atoms with E-state index in [1.165, 1.54) is 0 Å². The van der Waals surface area contributed by atoms with Gasteiger partial charge in [0.05, 0.1) is 16.8 Å². The van der Waals surface area contributed by atoms with Crippen molar-refractivity contribution in [1.82, 2.24) is 24.8 Å². The molecule has 5 rings (SSSR count). The predicted octanol–water partition coefficient (Wildman–Crippen LogP) is 3.39. The molecule has 0 atom stereocenters. The van der Waals surface area contributed by atoms with Gasteiger partial charge in [-0.3, -0.25) is 9.59 Å². The van der Waals surface area contributed by atoms with Crippen LogP contribution in [0.4, 0.5) is 0 Å². The molecule has 0 aliphatic rings. The summed E-state index contributed by atoms with van der Waals surface area (Å²) in [6, 6.07) is 26.2. The normalized spacial score (nSPS) is 10.9. The number of ether oxygens (including phenoxy) is 1. The van der Waals surface area contributed by atoms with Gasteiger partial charge in [0, 0.05) is 17.3 Å². The molecule has 0 bridgehead atoms. The van der Waals surface area contributed by atoms with E-state index in [1.54, 1.807) is 28.9 Å². The molecule has 0 unspecified atom stereocenters. The molecule has 162 valence electrons. The van der Waals surface area contributed by atoms with Crippen LogP contribution in [0.25, 0.3) is 27.8 Å². The van der Waals surface area contributed by atoms with E-state index in [-0.39, 0.29) is 18.7 Å². The number of hydrogen-bond donors (Lipinski definition) is 0. The Labute approximate surface area is 188 Å². The van der Waals surface area contributed by atoms with Crippen molar-refractivity contribution in [3.8, 4) is 16.9 Å². The third-order valence-electron chi connectivity index (χ3n) is 5.15. The molecule has 0 fully saturated rings. The summed E-state index contributed by atoms with van der Waals surface area (Å²) in [5.41, 5.74) is 3.36. The van der Waals surface area contributed by atoms with Crippen LogP contribution in [0.5, 0.6) is 0 Å². The van der Waals surface area contributed by atoms with Crippen molar-refractivity contribution in [3.05, 3.63) is 107 Å². The molecule has 0 aliphatic carbocycles. The van der Waals surface area contributed by atoms with Crippen molar-refractivity contribution in [1.29, 1.82) is 0 Å². The van der Waals surface area contributed by atoms with Crippen LogP contribution in [0.3, 0.4) is 0 Å². The topological polar surface area (TPSA) is 91.9 Å². The van der Waals surface area contributed by atoms with Gasteiger partial charge in [0.2, 0.25) is 0 Å². The van der Waals surface area contributed by atoms with E-state index in [0.29, 0.717) is 10.9 Å². The molecule has 0 spiro atoms. The van der Waals surface area contributed by atoms with Crippen LogP contribution >= 0.6 is 0 Å². The van der Waals surface area contributed by atoms with Crippen molar-refractivity contribution >= 4 is 16.9 Å². The Hall–Kier alpha value is -4.59. The molecule has 8 nitrogen and oxygen atoms in total. The van der Waals surface area contributed by atoms with Crippen molar-refractivity contribution in [2.24, 2.45) is 0 Å². The number of nitrogens with zero attached hydrogens (tertiary/aromatic N) is 5. The maximum atomic E-state index is 12.6. The summed E-state index contributed by atoms with van der Waals surface area (Å²) in [5.74, 6) is -0.590. The first-order valence-corrected chi connectivity index (χ1v) is 10.4. The molecule has 2 heterocycles. The quantitative estimate of drug-likeness (QED) is 0.378. The molecule has 0 saturated carbocycles. The highest BCUT2D eigenvalue weighted by molar-refractivity contribution is 5.77. The van der Waals surface area contributed by atoms with Gasteiger partial charge in [-0.25, -0.2) is 4.68 Å². The summed E-state index contributed by atoms with van der Waals surface area (Å²) in [6.45, 7) is -0.324. The fourth-order valence-corrected chi connectivity index (χ4v) is 3.52. The Kier molecular flexibility index (Phi) is 5.47. The fraction of sp³-hybridized carbons (Fsp3) is 0.0800. The molecule has 8 heteroatoms. The molecule has 0 amide bonds. The molecule has 0 aliphatic heterocycles. The van der Waals surface area contributed by atoms with Gasteiger partial charge >= 0.3 is 5.97 Å². The SMILES string of the molecule is O=C(Cn1nnc2ccccc2c1=O)OCc1cn(-c2ccccc2)nc1-c1ccccc1. The number of para-hydroxylation sites is 1. The smallest absolute Gasteiger partial charge is 0.328 e. The Morgan fingerprint density at radius 1 is 0.879 bits per heavy atom. The molecular weight excluding hydrogens is 418 g/mol. The van der Waals surface area contributed by atoms with E-state index in [9.17, 15) is 9.59 Å². The van der Waals surface area contributed by atoms with Crippen LogP contribution in [0.15, 0.2) is 95.9 Å². The first-order chi connectivity index (χ1) is 16.2. The van der Waals surface area contributed by atoms with Crippen molar-refractivity contribution in [3.63, 3.8) is 0 Å². The lowest BCUT2D eigenvalue weighted by Gasteiger charge is -2.07. The van der Waals surface area contributed by atoms with E-state index in [1.807, 2.05) is 66.9 Å². The Morgan fingerprint density at radius 2 is 1.58 bits per heavy atom. The molecule has 2 aromatic heterocycles. The van der Waals surface area contributed by atoms with Crippen molar-refractivity contribution < 1.29 is 9.53 Å².